The molecule has 0 radical (unpaired) electrons. The number of rotatable bonds is 7. The Morgan fingerprint density at radius 2 is 1.68 bits per heavy atom. The van der Waals surface area contributed by atoms with Crippen molar-refractivity contribution in [2.75, 3.05) is 13.7 Å². The second kappa shape index (κ2) is 8.02. The number of alkyl halides is 2. The van der Waals surface area contributed by atoms with E-state index in [-0.39, 0.29) is 30.2 Å². The van der Waals surface area contributed by atoms with Gasteiger partial charge in [0.2, 0.25) is 5.91 Å². The van der Waals surface area contributed by atoms with Crippen molar-refractivity contribution in [1.82, 2.24) is 4.90 Å². The van der Waals surface area contributed by atoms with Gasteiger partial charge in [0, 0.05) is 18.4 Å². The Bertz CT molecular complexity index is 773. The number of hydrogen-bond acceptors (Lipinski definition) is 7. The van der Waals surface area contributed by atoms with Crippen LogP contribution in [-0.2, 0) is 33.4 Å². The summed E-state index contributed by atoms with van der Waals surface area (Å²) in [4.78, 5) is 51.4. The summed E-state index contributed by atoms with van der Waals surface area (Å²) >= 11 is 0. The lowest BCUT2D eigenvalue weighted by atomic mass is 9.78. The maximum atomic E-state index is 13.2. The van der Waals surface area contributed by atoms with Crippen molar-refractivity contribution in [1.29, 1.82) is 0 Å². The number of ether oxygens (including phenoxy) is 3. The van der Waals surface area contributed by atoms with E-state index in [9.17, 15) is 28.0 Å². The Balaban J connectivity index is 1.70. The van der Waals surface area contributed by atoms with Crippen LogP contribution in [0, 0.1) is 23.7 Å². The second-order valence-corrected chi connectivity index (χ2v) is 9.69. The summed E-state index contributed by atoms with van der Waals surface area (Å²) in [6.07, 6.45) is -0.867. The van der Waals surface area contributed by atoms with Gasteiger partial charge in [-0.1, -0.05) is 0 Å². The average molecular weight is 445 g/mol. The molecule has 0 N–H and O–H groups in total. The van der Waals surface area contributed by atoms with Gasteiger partial charge >= 0.3 is 17.9 Å². The SMILES string of the molecule is COC(=O)C1C2CC3C1C(=O)N(C(C)(C)C)C3C2OC(=O)CCC(=O)OCC(C)(F)F. The number of methoxy groups -OCH3 is 1. The molecule has 3 fully saturated rings. The summed E-state index contributed by atoms with van der Waals surface area (Å²) in [5.74, 6) is -7.04. The first kappa shape index (κ1) is 23.4. The number of esters is 3. The predicted molar refractivity (Wildman–Crippen MR) is 102 cm³/mol. The summed E-state index contributed by atoms with van der Waals surface area (Å²) < 4.78 is 40.6. The molecular weight excluding hydrogens is 416 g/mol. The Kier molecular flexibility index (Phi) is 6.05. The number of halogens is 2. The smallest absolute Gasteiger partial charge is 0.309 e. The molecule has 1 heterocycles. The quantitative estimate of drug-likeness (QED) is 0.436. The number of amides is 1. The van der Waals surface area contributed by atoms with Crippen LogP contribution in [0.15, 0.2) is 0 Å². The molecule has 174 valence electrons. The van der Waals surface area contributed by atoms with Gasteiger partial charge in [0.05, 0.1) is 37.8 Å². The third-order valence-electron chi connectivity index (χ3n) is 6.36. The van der Waals surface area contributed by atoms with E-state index in [1.54, 1.807) is 4.90 Å². The third kappa shape index (κ3) is 4.39. The first-order chi connectivity index (χ1) is 14.3. The van der Waals surface area contributed by atoms with Gasteiger partial charge in [0.1, 0.15) is 6.10 Å². The zero-order valence-corrected chi connectivity index (χ0v) is 18.4. The number of likely N-dealkylation sites (tertiary alicyclic amines) is 1. The molecule has 10 heteroatoms. The molecule has 1 amide bonds. The second-order valence-electron chi connectivity index (χ2n) is 9.69. The number of fused-ring (bicyclic) bond motifs is 1. The Morgan fingerprint density at radius 3 is 2.23 bits per heavy atom. The van der Waals surface area contributed by atoms with Crippen LogP contribution in [0.2, 0.25) is 0 Å². The van der Waals surface area contributed by atoms with Gasteiger partial charge in [0.25, 0.3) is 5.92 Å². The van der Waals surface area contributed by atoms with Gasteiger partial charge in [0.15, 0.2) is 6.61 Å². The van der Waals surface area contributed by atoms with Crippen LogP contribution in [0.25, 0.3) is 0 Å². The standard InChI is InChI=1S/C21H29F2NO7/c1-20(2,3)24-16-10-8-11(15(19(28)29-5)14(10)18(24)27)17(16)31-13(26)7-6-12(25)30-9-21(4,22)23/h10-11,14-17H,6-9H2,1-5H3. The van der Waals surface area contributed by atoms with Crippen LogP contribution < -0.4 is 0 Å². The first-order valence-electron chi connectivity index (χ1n) is 10.4. The minimum absolute atomic E-state index is 0.115. The molecule has 8 nitrogen and oxygen atoms in total. The van der Waals surface area contributed by atoms with Crippen molar-refractivity contribution in [3.05, 3.63) is 0 Å². The fraction of sp³-hybridized carbons (Fsp3) is 0.810. The minimum atomic E-state index is -3.15. The van der Waals surface area contributed by atoms with Gasteiger partial charge in [-0.3, -0.25) is 19.2 Å². The normalized spacial score (nSPS) is 31.7. The van der Waals surface area contributed by atoms with Crippen molar-refractivity contribution >= 4 is 23.8 Å². The highest BCUT2D eigenvalue weighted by Gasteiger charge is 2.71. The van der Waals surface area contributed by atoms with E-state index in [1.807, 2.05) is 20.8 Å². The van der Waals surface area contributed by atoms with Crippen LogP contribution in [0.5, 0.6) is 0 Å². The lowest BCUT2D eigenvalue weighted by molar-refractivity contribution is -0.165. The molecule has 6 atom stereocenters. The van der Waals surface area contributed by atoms with Crippen molar-refractivity contribution in [3.63, 3.8) is 0 Å². The number of carbonyl (C=O) groups is 4. The Labute approximate surface area is 179 Å². The highest BCUT2D eigenvalue weighted by molar-refractivity contribution is 5.90. The van der Waals surface area contributed by atoms with Gasteiger partial charge in [-0.2, -0.15) is 0 Å². The Hall–Kier alpha value is -2.26. The van der Waals surface area contributed by atoms with Crippen molar-refractivity contribution in [3.8, 4) is 0 Å². The fourth-order valence-corrected chi connectivity index (χ4v) is 5.40. The summed E-state index contributed by atoms with van der Waals surface area (Å²) in [6.45, 7) is 5.22. The number of carbonyl (C=O) groups excluding carboxylic acids is 4. The van der Waals surface area contributed by atoms with Crippen LogP contribution in [0.4, 0.5) is 8.78 Å². The Morgan fingerprint density at radius 1 is 1.06 bits per heavy atom. The molecule has 3 rings (SSSR count). The summed E-state index contributed by atoms with van der Waals surface area (Å²) in [7, 11) is 1.26. The van der Waals surface area contributed by atoms with Gasteiger partial charge < -0.3 is 19.1 Å². The van der Waals surface area contributed by atoms with Crippen LogP contribution in [0.1, 0.15) is 47.0 Å². The van der Waals surface area contributed by atoms with Crippen molar-refractivity contribution < 1.29 is 42.2 Å². The highest BCUT2D eigenvalue weighted by atomic mass is 19.3. The third-order valence-corrected chi connectivity index (χ3v) is 6.36. The summed E-state index contributed by atoms with van der Waals surface area (Å²) in [5, 5.41) is 0. The molecule has 0 aromatic rings. The maximum Gasteiger partial charge on any atom is 0.309 e. The molecule has 0 spiro atoms. The fourth-order valence-electron chi connectivity index (χ4n) is 5.40. The van der Waals surface area contributed by atoms with Gasteiger partial charge in [-0.15, -0.1) is 0 Å². The molecule has 2 bridgehead atoms. The topological polar surface area (TPSA) is 99.2 Å². The molecule has 3 aliphatic rings. The molecule has 0 aromatic carbocycles. The molecule has 1 saturated heterocycles. The number of nitrogens with zero attached hydrogens (tertiary/aromatic N) is 1. The zero-order chi connectivity index (χ0) is 23.3. The summed E-state index contributed by atoms with van der Waals surface area (Å²) in [5.41, 5.74) is -0.533. The largest absolute Gasteiger partial charge is 0.469 e. The molecule has 2 saturated carbocycles. The van der Waals surface area contributed by atoms with Crippen LogP contribution in [-0.4, -0.2) is 66.0 Å². The van der Waals surface area contributed by atoms with Gasteiger partial charge in [-0.25, -0.2) is 8.78 Å². The van der Waals surface area contributed by atoms with E-state index in [1.165, 1.54) is 7.11 Å². The van der Waals surface area contributed by atoms with E-state index in [4.69, 9.17) is 9.47 Å². The molecule has 6 unspecified atom stereocenters. The van der Waals surface area contributed by atoms with E-state index in [0.717, 1.165) is 0 Å². The van der Waals surface area contributed by atoms with Crippen LogP contribution in [0.3, 0.4) is 0 Å². The molecule has 1 aliphatic heterocycles. The van der Waals surface area contributed by atoms with Crippen LogP contribution >= 0.6 is 0 Å². The molecule has 2 aliphatic carbocycles. The molecule has 0 aromatic heterocycles. The zero-order valence-electron chi connectivity index (χ0n) is 18.4. The first-order valence-corrected chi connectivity index (χ1v) is 10.4. The van der Waals surface area contributed by atoms with E-state index < -0.39 is 60.3 Å². The van der Waals surface area contributed by atoms with Crippen molar-refractivity contribution in [2.24, 2.45) is 23.7 Å². The monoisotopic (exact) mass is 445 g/mol. The minimum Gasteiger partial charge on any atom is -0.469 e. The average Bonchev–Trinajstić information content (AvgIpc) is 3.25. The molecule has 31 heavy (non-hydrogen) atoms. The van der Waals surface area contributed by atoms with Crippen molar-refractivity contribution in [2.45, 2.75) is 70.6 Å². The maximum absolute atomic E-state index is 13.2. The molecular formula is C21H29F2NO7. The van der Waals surface area contributed by atoms with E-state index in [2.05, 4.69) is 4.74 Å². The summed E-state index contributed by atoms with van der Waals surface area (Å²) in [6, 6.07) is -0.349. The highest BCUT2D eigenvalue weighted by Crippen LogP contribution is 2.61. The number of hydrogen-bond donors (Lipinski definition) is 0. The van der Waals surface area contributed by atoms with E-state index >= 15 is 0 Å². The lowest BCUT2D eigenvalue weighted by Gasteiger charge is -2.40. The predicted octanol–water partition coefficient (Wildman–Crippen LogP) is 1.94. The lowest BCUT2D eigenvalue weighted by Crippen LogP contribution is -2.52. The van der Waals surface area contributed by atoms with Gasteiger partial charge in [-0.05, 0) is 33.1 Å². The van der Waals surface area contributed by atoms with E-state index in [0.29, 0.717) is 13.3 Å².